The van der Waals surface area contributed by atoms with E-state index in [9.17, 15) is 4.79 Å². The molecule has 6 nitrogen and oxygen atoms in total. The predicted molar refractivity (Wildman–Crippen MR) is 109 cm³/mol. The molecule has 1 amide bonds. The van der Waals surface area contributed by atoms with Crippen molar-refractivity contribution >= 4 is 17.8 Å². The van der Waals surface area contributed by atoms with Gasteiger partial charge in [0.25, 0.3) is 5.91 Å². The van der Waals surface area contributed by atoms with Crippen molar-refractivity contribution in [3.05, 3.63) is 53.1 Å². The molecular formula is C21H27N3O3. The highest BCUT2D eigenvalue weighted by molar-refractivity contribution is 5.85. The highest BCUT2D eigenvalue weighted by Gasteiger charge is 2.06. The van der Waals surface area contributed by atoms with Gasteiger partial charge in [-0.2, -0.15) is 5.10 Å². The Morgan fingerprint density at radius 3 is 2.37 bits per heavy atom. The molecule has 0 saturated heterocycles. The number of hydrogen-bond acceptors (Lipinski definition) is 5. The predicted octanol–water partition coefficient (Wildman–Crippen LogP) is 3.66. The third kappa shape index (κ3) is 6.02. The summed E-state index contributed by atoms with van der Waals surface area (Å²) in [5, 5.41) is 7.17. The zero-order valence-corrected chi connectivity index (χ0v) is 16.3. The first kappa shape index (κ1) is 20.3. The quantitative estimate of drug-likeness (QED) is 0.523. The molecule has 0 heterocycles. The first-order chi connectivity index (χ1) is 13.0. The van der Waals surface area contributed by atoms with E-state index >= 15 is 0 Å². The SMILES string of the molecule is CCOc1ccc(C=NNC(=O)CNc2c(C)cccc2C)cc1OCC. The Hall–Kier alpha value is -3.02. The molecule has 0 atom stereocenters. The molecular weight excluding hydrogens is 342 g/mol. The molecule has 2 rings (SSSR count). The molecule has 0 fully saturated rings. The van der Waals surface area contributed by atoms with Crippen LogP contribution in [0, 0.1) is 13.8 Å². The van der Waals surface area contributed by atoms with Crippen LogP contribution in [0.5, 0.6) is 11.5 Å². The topological polar surface area (TPSA) is 72.0 Å². The number of rotatable bonds is 9. The number of hydrazone groups is 1. The molecule has 0 aromatic heterocycles. The van der Waals surface area contributed by atoms with Crippen molar-refractivity contribution in [3.8, 4) is 11.5 Å². The highest BCUT2D eigenvalue weighted by atomic mass is 16.5. The summed E-state index contributed by atoms with van der Waals surface area (Å²) in [6.45, 7) is 9.11. The number of benzene rings is 2. The largest absolute Gasteiger partial charge is 0.490 e. The van der Waals surface area contributed by atoms with Gasteiger partial charge in [-0.05, 0) is 62.6 Å². The van der Waals surface area contributed by atoms with E-state index in [1.54, 1.807) is 6.21 Å². The molecule has 0 aliphatic heterocycles. The minimum absolute atomic E-state index is 0.149. The Kier molecular flexibility index (Phi) is 7.67. The fraction of sp³-hybridized carbons (Fsp3) is 0.333. The van der Waals surface area contributed by atoms with Crippen LogP contribution >= 0.6 is 0 Å². The highest BCUT2D eigenvalue weighted by Crippen LogP contribution is 2.28. The van der Waals surface area contributed by atoms with Crippen molar-refractivity contribution in [1.82, 2.24) is 5.43 Å². The molecule has 0 saturated carbocycles. The molecule has 0 aliphatic rings. The van der Waals surface area contributed by atoms with Crippen molar-refractivity contribution < 1.29 is 14.3 Å². The second kappa shape index (κ2) is 10.2. The molecule has 0 bridgehead atoms. The molecule has 144 valence electrons. The lowest BCUT2D eigenvalue weighted by Crippen LogP contribution is -2.26. The molecule has 2 aromatic carbocycles. The van der Waals surface area contributed by atoms with Crippen LogP contribution in [-0.2, 0) is 4.79 Å². The Morgan fingerprint density at radius 1 is 1.04 bits per heavy atom. The van der Waals surface area contributed by atoms with E-state index in [1.165, 1.54) is 0 Å². The summed E-state index contributed by atoms with van der Waals surface area (Å²) in [4.78, 5) is 12.0. The number of ether oxygens (including phenoxy) is 2. The van der Waals surface area contributed by atoms with Crippen LogP contribution in [0.1, 0.15) is 30.5 Å². The van der Waals surface area contributed by atoms with Gasteiger partial charge >= 0.3 is 0 Å². The van der Waals surface area contributed by atoms with Crippen LogP contribution in [0.4, 0.5) is 5.69 Å². The number of hydrogen-bond donors (Lipinski definition) is 2. The van der Waals surface area contributed by atoms with E-state index in [2.05, 4.69) is 15.8 Å². The number of nitrogens with zero attached hydrogens (tertiary/aromatic N) is 1. The lowest BCUT2D eigenvalue weighted by atomic mass is 10.1. The maximum absolute atomic E-state index is 12.0. The number of para-hydroxylation sites is 1. The van der Waals surface area contributed by atoms with E-state index in [0.29, 0.717) is 24.7 Å². The van der Waals surface area contributed by atoms with Gasteiger partial charge in [-0.25, -0.2) is 5.43 Å². The minimum Gasteiger partial charge on any atom is -0.490 e. The molecule has 0 unspecified atom stereocenters. The smallest absolute Gasteiger partial charge is 0.259 e. The summed E-state index contributed by atoms with van der Waals surface area (Å²) < 4.78 is 11.1. The number of amides is 1. The summed E-state index contributed by atoms with van der Waals surface area (Å²) in [6, 6.07) is 11.5. The van der Waals surface area contributed by atoms with Gasteiger partial charge in [0.15, 0.2) is 11.5 Å². The Labute approximate surface area is 160 Å². The zero-order valence-electron chi connectivity index (χ0n) is 16.3. The van der Waals surface area contributed by atoms with E-state index in [0.717, 1.165) is 22.4 Å². The van der Waals surface area contributed by atoms with Crippen LogP contribution in [0.25, 0.3) is 0 Å². The third-order valence-corrected chi connectivity index (χ3v) is 3.88. The summed E-state index contributed by atoms with van der Waals surface area (Å²) in [7, 11) is 0. The Bertz CT molecular complexity index is 783. The van der Waals surface area contributed by atoms with E-state index < -0.39 is 0 Å². The number of carbonyl (C=O) groups excluding carboxylic acids is 1. The average Bonchev–Trinajstić information content (AvgIpc) is 2.64. The first-order valence-corrected chi connectivity index (χ1v) is 9.06. The molecule has 27 heavy (non-hydrogen) atoms. The Morgan fingerprint density at radius 2 is 1.70 bits per heavy atom. The summed E-state index contributed by atoms with van der Waals surface area (Å²) in [5.74, 6) is 1.13. The summed E-state index contributed by atoms with van der Waals surface area (Å²) in [5.41, 5.74) is 6.52. The van der Waals surface area contributed by atoms with Gasteiger partial charge in [0.05, 0.1) is 26.0 Å². The first-order valence-electron chi connectivity index (χ1n) is 9.06. The minimum atomic E-state index is -0.218. The molecule has 0 aliphatic carbocycles. The third-order valence-electron chi connectivity index (χ3n) is 3.88. The maximum atomic E-state index is 12.0. The van der Waals surface area contributed by atoms with Gasteiger partial charge in [0.2, 0.25) is 0 Å². The second-order valence-electron chi connectivity index (χ2n) is 5.99. The molecule has 0 radical (unpaired) electrons. The van der Waals surface area contributed by atoms with Crippen molar-refractivity contribution in [2.45, 2.75) is 27.7 Å². The van der Waals surface area contributed by atoms with Crippen LogP contribution in [0.2, 0.25) is 0 Å². The number of carbonyl (C=O) groups is 1. The van der Waals surface area contributed by atoms with Crippen LogP contribution in [0.3, 0.4) is 0 Å². The lowest BCUT2D eigenvalue weighted by molar-refractivity contribution is -0.119. The van der Waals surface area contributed by atoms with Crippen molar-refractivity contribution in [3.63, 3.8) is 0 Å². The van der Waals surface area contributed by atoms with Crippen molar-refractivity contribution in [2.24, 2.45) is 5.10 Å². The maximum Gasteiger partial charge on any atom is 0.259 e. The van der Waals surface area contributed by atoms with Crippen LogP contribution < -0.4 is 20.2 Å². The molecule has 6 heteroatoms. The normalized spacial score (nSPS) is 10.7. The van der Waals surface area contributed by atoms with Gasteiger partial charge < -0.3 is 14.8 Å². The van der Waals surface area contributed by atoms with Crippen LogP contribution in [0.15, 0.2) is 41.5 Å². The Balaban J connectivity index is 1.92. The number of nitrogens with one attached hydrogen (secondary N) is 2. The fourth-order valence-corrected chi connectivity index (χ4v) is 2.63. The van der Waals surface area contributed by atoms with Gasteiger partial charge in [-0.15, -0.1) is 0 Å². The van der Waals surface area contributed by atoms with E-state index in [1.807, 2.05) is 64.1 Å². The van der Waals surface area contributed by atoms with Crippen molar-refractivity contribution in [1.29, 1.82) is 0 Å². The molecule has 2 aromatic rings. The second-order valence-corrected chi connectivity index (χ2v) is 5.99. The van der Waals surface area contributed by atoms with Gasteiger partial charge in [0, 0.05) is 5.69 Å². The summed E-state index contributed by atoms with van der Waals surface area (Å²) >= 11 is 0. The van der Waals surface area contributed by atoms with Gasteiger partial charge in [-0.1, -0.05) is 18.2 Å². The molecule has 0 spiro atoms. The van der Waals surface area contributed by atoms with Crippen molar-refractivity contribution in [2.75, 3.05) is 25.1 Å². The monoisotopic (exact) mass is 369 g/mol. The van der Waals surface area contributed by atoms with Gasteiger partial charge in [0.1, 0.15) is 0 Å². The van der Waals surface area contributed by atoms with Crippen LogP contribution in [-0.4, -0.2) is 31.9 Å². The van der Waals surface area contributed by atoms with E-state index in [-0.39, 0.29) is 12.5 Å². The number of anilines is 1. The van der Waals surface area contributed by atoms with Gasteiger partial charge in [-0.3, -0.25) is 4.79 Å². The average molecular weight is 369 g/mol. The number of aryl methyl sites for hydroxylation is 2. The standard InChI is InChI=1S/C21H27N3O3/c1-5-26-18-11-10-17(12-19(18)27-6-2)13-23-24-20(25)14-22-21-15(3)8-7-9-16(21)4/h7-13,22H,5-6,14H2,1-4H3,(H,24,25). The zero-order chi connectivity index (χ0) is 19.6. The summed E-state index contributed by atoms with van der Waals surface area (Å²) in [6.07, 6.45) is 1.58. The van der Waals surface area contributed by atoms with E-state index in [4.69, 9.17) is 9.47 Å². The molecule has 2 N–H and O–H groups in total. The lowest BCUT2D eigenvalue weighted by Gasteiger charge is -2.12. The fourth-order valence-electron chi connectivity index (χ4n) is 2.63.